The molecule has 0 radical (unpaired) electrons. The lowest BCUT2D eigenvalue weighted by Gasteiger charge is -2.20. The van der Waals surface area contributed by atoms with E-state index in [2.05, 4.69) is 0 Å². The molecule has 4 nitrogen and oxygen atoms in total. The van der Waals surface area contributed by atoms with Crippen molar-refractivity contribution in [3.05, 3.63) is 34.5 Å². The van der Waals surface area contributed by atoms with E-state index >= 15 is 0 Å². The Bertz CT molecular complexity index is 733. The fourth-order valence-corrected chi connectivity index (χ4v) is 2.78. The Labute approximate surface area is 124 Å². The van der Waals surface area contributed by atoms with Crippen molar-refractivity contribution in [3.8, 4) is 0 Å². The van der Waals surface area contributed by atoms with Crippen molar-refractivity contribution in [2.45, 2.75) is 46.6 Å². The Morgan fingerprint density at radius 2 is 1.95 bits per heavy atom. The van der Waals surface area contributed by atoms with E-state index in [4.69, 9.17) is 0 Å². The molecule has 2 rings (SSSR count). The molecule has 4 heteroatoms. The van der Waals surface area contributed by atoms with E-state index in [0.29, 0.717) is 17.6 Å². The molecule has 1 aromatic heterocycles. The van der Waals surface area contributed by atoms with Crippen LogP contribution >= 0.6 is 0 Å². The summed E-state index contributed by atoms with van der Waals surface area (Å²) in [6, 6.07) is 3.68. The predicted molar refractivity (Wildman–Crippen MR) is 83.4 cm³/mol. The first-order valence-electron chi connectivity index (χ1n) is 7.08. The first-order valence-corrected chi connectivity index (χ1v) is 7.08. The average Bonchev–Trinajstić information content (AvgIpc) is 2.67. The fraction of sp³-hybridized carbons (Fsp3) is 0.412. The summed E-state index contributed by atoms with van der Waals surface area (Å²) >= 11 is 0. The number of aldehydes is 1. The van der Waals surface area contributed by atoms with E-state index in [1.165, 1.54) is 0 Å². The molecule has 2 aromatic rings. The number of rotatable bonds is 3. The van der Waals surface area contributed by atoms with Crippen molar-refractivity contribution in [2.75, 3.05) is 0 Å². The molecule has 0 atom stereocenters. The number of carbonyl (C=O) groups is 2. The number of hydrogen-bond acceptors (Lipinski definition) is 2. The van der Waals surface area contributed by atoms with Crippen LogP contribution in [0.2, 0.25) is 0 Å². The number of carbonyl (C=O) groups excluding carboxylic acids is 1. The zero-order valence-corrected chi connectivity index (χ0v) is 13.2. The first kappa shape index (κ1) is 15.3. The second-order valence-corrected chi connectivity index (χ2v) is 6.34. The third kappa shape index (κ3) is 2.35. The molecule has 1 heterocycles. The Balaban J connectivity index is 3.03. The maximum atomic E-state index is 11.7. The standard InChI is InChI=1S/C17H21NO3/c1-6-18-10(2)14(9-19)12-7-11(17(3,4)5)8-13(15(12)18)16(20)21/h7-9H,6H2,1-5H3,(H,20,21). The molecule has 1 aromatic carbocycles. The van der Waals surface area contributed by atoms with Crippen LogP contribution in [-0.2, 0) is 12.0 Å². The minimum atomic E-state index is -0.962. The monoisotopic (exact) mass is 287 g/mol. The molecule has 0 fully saturated rings. The van der Waals surface area contributed by atoms with Gasteiger partial charge in [0.25, 0.3) is 0 Å². The minimum absolute atomic E-state index is 0.180. The largest absolute Gasteiger partial charge is 0.478 e. The van der Waals surface area contributed by atoms with Gasteiger partial charge in [0.05, 0.1) is 11.1 Å². The molecule has 0 saturated carbocycles. The number of aryl methyl sites for hydroxylation is 1. The quantitative estimate of drug-likeness (QED) is 0.874. The van der Waals surface area contributed by atoms with Crippen LogP contribution in [-0.4, -0.2) is 21.9 Å². The van der Waals surface area contributed by atoms with Crippen LogP contribution in [0.25, 0.3) is 10.9 Å². The van der Waals surface area contributed by atoms with Crippen molar-refractivity contribution < 1.29 is 14.7 Å². The summed E-state index contributed by atoms with van der Waals surface area (Å²) in [5.74, 6) is -0.962. The van der Waals surface area contributed by atoms with E-state index in [-0.39, 0.29) is 11.0 Å². The summed E-state index contributed by atoms with van der Waals surface area (Å²) in [5, 5.41) is 10.3. The Morgan fingerprint density at radius 3 is 2.38 bits per heavy atom. The van der Waals surface area contributed by atoms with E-state index in [1.807, 2.05) is 45.3 Å². The average molecular weight is 287 g/mol. The molecule has 0 saturated heterocycles. The number of fused-ring (bicyclic) bond motifs is 1. The second-order valence-electron chi connectivity index (χ2n) is 6.34. The summed E-state index contributed by atoms with van der Waals surface area (Å²) in [4.78, 5) is 23.1. The highest BCUT2D eigenvalue weighted by Gasteiger charge is 2.23. The lowest BCUT2D eigenvalue weighted by atomic mass is 9.85. The van der Waals surface area contributed by atoms with E-state index in [1.54, 1.807) is 6.07 Å². The van der Waals surface area contributed by atoms with Crippen molar-refractivity contribution in [2.24, 2.45) is 0 Å². The van der Waals surface area contributed by atoms with E-state index in [0.717, 1.165) is 22.9 Å². The van der Waals surface area contributed by atoms with Gasteiger partial charge in [-0.2, -0.15) is 0 Å². The normalized spacial score (nSPS) is 11.9. The summed E-state index contributed by atoms with van der Waals surface area (Å²) in [7, 11) is 0. The highest BCUT2D eigenvalue weighted by Crippen LogP contribution is 2.33. The molecule has 0 aliphatic rings. The zero-order chi connectivity index (χ0) is 15.9. The topological polar surface area (TPSA) is 59.3 Å². The van der Waals surface area contributed by atoms with Gasteiger partial charge in [-0.15, -0.1) is 0 Å². The van der Waals surface area contributed by atoms with Gasteiger partial charge in [0.1, 0.15) is 0 Å². The van der Waals surface area contributed by atoms with Gasteiger partial charge in [0, 0.05) is 23.2 Å². The summed E-state index contributed by atoms with van der Waals surface area (Å²) in [6.07, 6.45) is 0.821. The van der Waals surface area contributed by atoms with Crippen LogP contribution in [0.3, 0.4) is 0 Å². The van der Waals surface area contributed by atoms with Crippen molar-refractivity contribution in [1.82, 2.24) is 4.57 Å². The van der Waals surface area contributed by atoms with Gasteiger partial charge in [0.2, 0.25) is 0 Å². The molecule has 112 valence electrons. The number of benzene rings is 1. The maximum Gasteiger partial charge on any atom is 0.337 e. The molecule has 0 aliphatic heterocycles. The van der Waals surface area contributed by atoms with Crippen LogP contribution in [0.15, 0.2) is 12.1 Å². The van der Waals surface area contributed by atoms with Gasteiger partial charge < -0.3 is 9.67 Å². The summed E-state index contributed by atoms with van der Waals surface area (Å²) in [6.45, 7) is 10.5. The molecule has 0 bridgehead atoms. The van der Waals surface area contributed by atoms with Crippen LogP contribution < -0.4 is 0 Å². The number of carboxylic acid groups (broad SMARTS) is 1. The van der Waals surface area contributed by atoms with Gasteiger partial charge in [-0.3, -0.25) is 4.79 Å². The number of nitrogens with zero attached hydrogens (tertiary/aromatic N) is 1. The van der Waals surface area contributed by atoms with Gasteiger partial charge in [0.15, 0.2) is 6.29 Å². The SMILES string of the molecule is CCn1c(C)c(C=O)c2cc(C(C)(C)C)cc(C(=O)O)c21. The second kappa shape index (κ2) is 5.02. The first-order chi connectivity index (χ1) is 9.72. The Morgan fingerprint density at radius 1 is 1.33 bits per heavy atom. The van der Waals surface area contributed by atoms with Crippen LogP contribution in [0.4, 0.5) is 0 Å². The summed E-state index contributed by atoms with van der Waals surface area (Å²) < 4.78 is 1.90. The lowest BCUT2D eigenvalue weighted by molar-refractivity contribution is 0.0698. The minimum Gasteiger partial charge on any atom is -0.478 e. The zero-order valence-electron chi connectivity index (χ0n) is 13.2. The Kier molecular flexibility index (Phi) is 3.66. The lowest BCUT2D eigenvalue weighted by Crippen LogP contribution is -2.13. The summed E-state index contributed by atoms with van der Waals surface area (Å²) in [5.41, 5.74) is 3.04. The highest BCUT2D eigenvalue weighted by atomic mass is 16.4. The smallest absolute Gasteiger partial charge is 0.337 e. The van der Waals surface area contributed by atoms with Crippen LogP contribution in [0.1, 0.15) is 59.7 Å². The van der Waals surface area contributed by atoms with Gasteiger partial charge in [-0.1, -0.05) is 20.8 Å². The highest BCUT2D eigenvalue weighted by molar-refractivity contribution is 6.08. The Hall–Kier alpha value is -2.10. The van der Waals surface area contributed by atoms with Crippen molar-refractivity contribution in [1.29, 1.82) is 0 Å². The molecule has 0 spiro atoms. The van der Waals surface area contributed by atoms with Crippen molar-refractivity contribution in [3.63, 3.8) is 0 Å². The molecular weight excluding hydrogens is 266 g/mol. The van der Waals surface area contributed by atoms with E-state index in [9.17, 15) is 14.7 Å². The van der Waals surface area contributed by atoms with Crippen LogP contribution in [0.5, 0.6) is 0 Å². The van der Waals surface area contributed by atoms with Crippen molar-refractivity contribution >= 4 is 23.2 Å². The number of carboxylic acids is 1. The number of aromatic carboxylic acids is 1. The van der Waals surface area contributed by atoms with Gasteiger partial charge in [-0.25, -0.2) is 4.79 Å². The molecular formula is C17H21NO3. The van der Waals surface area contributed by atoms with Gasteiger partial charge >= 0.3 is 5.97 Å². The molecule has 0 unspecified atom stereocenters. The molecule has 1 N–H and O–H groups in total. The predicted octanol–water partition coefficient (Wildman–Crippen LogP) is 3.78. The third-order valence-corrected chi connectivity index (χ3v) is 4.00. The van der Waals surface area contributed by atoms with E-state index < -0.39 is 5.97 Å². The number of aromatic nitrogens is 1. The molecule has 21 heavy (non-hydrogen) atoms. The van der Waals surface area contributed by atoms with Gasteiger partial charge in [-0.05, 0) is 37.0 Å². The number of hydrogen-bond donors (Lipinski definition) is 1. The fourth-order valence-electron chi connectivity index (χ4n) is 2.78. The molecule has 0 amide bonds. The third-order valence-electron chi connectivity index (χ3n) is 4.00. The van der Waals surface area contributed by atoms with Crippen LogP contribution in [0, 0.1) is 6.92 Å². The molecule has 0 aliphatic carbocycles. The maximum absolute atomic E-state index is 11.7.